The quantitative estimate of drug-likeness (QED) is 0.480. The maximum absolute atomic E-state index is 13.0. The van der Waals surface area contributed by atoms with E-state index in [1.54, 1.807) is 6.08 Å². The maximum atomic E-state index is 13.0. The lowest BCUT2D eigenvalue weighted by atomic mass is 9.92. The zero-order chi connectivity index (χ0) is 24.1. The fourth-order valence-corrected chi connectivity index (χ4v) is 5.22. The molecule has 0 heterocycles. The molecule has 0 spiro atoms. The van der Waals surface area contributed by atoms with Crippen molar-refractivity contribution in [3.63, 3.8) is 0 Å². The van der Waals surface area contributed by atoms with E-state index in [0.29, 0.717) is 12.8 Å². The van der Waals surface area contributed by atoms with Gasteiger partial charge in [0, 0.05) is 5.92 Å². The van der Waals surface area contributed by atoms with Crippen LogP contribution < -0.4 is 10.6 Å². The molecule has 1 atom stereocenters. The largest absolute Gasteiger partial charge is 0.481 e. The highest BCUT2D eigenvalue weighted by Crippen LogP contribution is 2.44. The number of hydrogen-bond donors (Lipinski definition) is 3. The van der Waals surface area contributed by atoms with Crippen molar-refractivity contribution >= 4 is 18.0 Å². The van der Waals surface area contributed by atoms with Crippen LogP contribution in [0.1, 0.15) is 55.6 Å². The highest BCUT2D eigenvalue weighted by atomic mass is 16.5. The molecule has 2 aliphatic rings. The number of rotatable bonds is 9. The molecule has 0 aliphatic heterocycles. The first-order valence-electron chi connectivity index (χ1n) is 11.7. The fraction of sp³-hybridized carbons (Fsp3) is 0.370. The van der Waals surface area contributed by atoms with Crippen LogP contribution in [0.4, 0.5) is 4.79 Å². The van der Waals surface area contributed by atoms with Crippen LogP contribution in [0.15, 0.2) is 61.2 Å². The van der Waals surface area contributed by atoms with E-state index >= 15 is 0 Å². The number of carboxylic acids is 1. The molecule has 0 bridgehead atoms. The van der Waals surface area contributed by atoms with Crippen LogP contribution in [0, 0.1) is 0 Å². The monoisotopic (exact) mass is 462 g/mol. The number of carbonyl (C=O) groups excluding carboxylic acids is 2. The van der Waals surface area contributed by atoms with Crippen molar-refractivity contribution in [1.82, 2.24) is 10.6 Å². The van der Waals surface area contributed by atoms with Crippen LogP contribution in [0.5, 0.6) is 0 Å². The molecule has 1 fully saturated rings. The number of alkyl carbamates (subject to hydrolysis) is 1. The summed E-state index contributed by atoms with van der Waals surface area (Å²) in [5.41, 5.74) is 3.71. The highest BCUT2D eigenvalue weighted by Gasteiger charge is 2.39. The fourth-order valence-electron chi connectivity index (χ4n) is 5.22. The molecule has 1 saturated carbocycles. The van der Waals surface area contributed by atoms with Crippen LogP contribution in [0.3, 0.4) is 0 Å². The molecule has 4 rings (SSSR count). The number of carboxylic acid groups (broad SMARTS) is 1. The van der Waals surface area contributed by atoms with Gasteiger partial charge in [0.1, 0.15) is 12.6 Å². The average molecular weight is 463 g/mol. The third-order valence-electron chi connectivity index (χ3n) is 6.79. The summed E-state index contributed by atoms with van der Waals surface area (Å²) in [7, 11) is 0. The summed E-state index contributed by atoms with van der Waals surface area (Å²) in [6.07, 6.45) is 3.87. The van der Waals surface area contributed by atoms with Gasteiger partial charge in [-0.2, -0.15) is 0 Å². The Morgan fingerprint density at radius 1 is 1.06 bits per heavy atom. The molecule has 3 N–H and O–H groups in total. The summed E-state index contributed by atoms with van der Waals surface area (Å²) in [6.45, 7) is 3.82. The molecule has 34 heavy (non-hydrogen) atoms. The standard InChI is InChI=1S/C27H30N2O5/c1-2-9-23(25(32)29-27(16-24(30)31)14-7-8-15-27)28-26(33)34-17-22-20-12-5-3-10-18(20)19-11-4-6-13-21(19)22/h2-6,10-13,22-23H,1,7-9,14-17H2,(H,28,33)(H,29,32)(H,30,31). The first-order chi connectivity index (χ1) is 16.4. The van der Waals surface area contributed by atoms with Crippen LogP contribution in [0.25, 0.3) is 11.1 Å². The lowest BCUT2D eigenvalue weighted by molar-refractivity contribution is -0.139. The molecule has 7 heteroatoms. The summed E-state index contributed by atoms with van der Waals surface area (Å²) in [5, 5.41) is 14.8. The number of amides is 2. The van der Waals surface area contributed by atoms with Crippen LogP contribution in [-0.2, 0) is 14.3 Å². The van der Waals surface area contributed by atoms with Crippen molar-refractivity contribution in [2.24, 2.45) is 0 Å². The Hall–Kier alpha value is -3.61. The van der Waals surface area contributed by atoms with Gasteiger partial charge < -0.3 is 20.5 Å². The summed E-state index contributed by atoms with van der Waals surface area (Å²) in [4.78, 5) is 37.0. The van der Waals surface area contributed by atoms with Crippen LogP contribution in [0.2, 0.25) is 0 Å². The van der Waals surface area contributed by atoms with E-state index in [1.807, 2.05) is 36.4 Å². The topological polar surface area (TPSA) is 105 Å². The number of fused-ring (bicyclic) bond motifs is 3. The first-order valence-corrected chi connectivity index (χ1v) is 11.7. The molecular formula is C27H30N2O5. The zero-order valence-corrected chi connectivity index (χ0v) is 19.1. The van der Waals surface area contributed by atoms with Gasteiger partial charge in [0.25, 0.3) is 0 Å². The van der Waals surface area contributed by atoms with E-state index in [4.69, 9.17) is 4.74 Å². The Morgan fingerprint density at radius 3 is 2.21 bits per heavy atom. The Labute approximate surface area is 199 Å². The molecule has 0 radical (unpaired) electrons. The van der Waals surface area contributed by atoms with Crippen molar-refractivity contribution < 1.29 is 24.2 Å². The molecule has 2 aromatic carbocycles. The molecule has 7 nitrogen and oxygen atoms in total. The van der Waals surface area contributed by atoms with Gasteiger partial charge in [-0.1, -0.05) is 67.4 Å². The lowest BCUT2D eigenvalue weighted by Gasteiger charge is -2.31. The SMILES string of the molecule is C=CCC(NC(=O)OCC1c2ccccc2-c2ccccc21)C(=O)NC1(CC(=O)O)CCCC1. The second-order valence-corrected chi connectivity index (χ2v) is 9.09. The second-order valence-electron chi connectivity index (χ2n) is 9.09. The third-order valence-corrected chi connectivity index (χ3v) is 6.79. The second kappa shape index (κ2) is 10.1. The van der Waals surface area contributed by atoms with Gasteiger partial charge >= 0.3 is 12.1 Å². The number of benzene rings is 2. The van der Waals surface area contributed by atoms with Crippen molar-refractivity contribution in [2.75, 3.05) is 6.61 Å². The van der Waals surface area contributed by atoms with Gasteiger partial charge in [0.2, 0.25) is 5.91 Å². The van der Waals surface area contributed by atoms with Crippen molar-refractivity contribution in [3.05, 3.63) is 72.3 Å². The first kappa shape index (κ1) is 23.5. The van der Waals surface area contributed by atoms with Gasteiger partial charge in [-0.3, -0.25) is 9.59 Å². The predicted octanol–water partition coefficient (Wildman–Crippen LogP) is 4.37. The van der Waals surface area contributed by atoms with E-state index < -0.39 is 29.6 Å². The summed E-state index contributed by atoms with van der Waals surface area (Å²) < 4.78 is 5.57. The van der Waals surface area contributed by atoms with Gasteiger partial charge in [-0.25, -0.2) is 4.79 Å². The molecule has 2 aromatic rings. The van der Waals surface area contributed by atoms with E-state index in [2.05, 4.69) is 29.3 Å². The molecular weight excluding hydrogens is 432 g/mol. The van der Waals surface area contributed by atoms with E-state index in [-0.39, 0.29) is 25.4 Å². The lowest BCUT2D eigenvalue weighted by Crippen LogP contribution is -2.55. The minimum atomic E-state index is -0.952. The number of nitrogens with one attached hydrogen (secondary N) is 2. The van der Waals surface area contributed by atoms with Gasteiger partial charge in [-0.15, -0.1) is 6.58 Å². The normalized spacial score (nSPS) is 16.7. The molecule has 178 valence electrons. The van der Waals surface area contributed by atoms with E-state index in [9.17, 15) is 19.5 Å². The Morgan fingerprint density at radius 2 is 1.65 bits per heavy atom. The van der Waals surface area contributed by atoms with Crippen LogP contribution in [-0.4, -0.2) is 41.3 Å². The molecule has 0 saturated heterocycles. The van der Waals surface area contributed by atoms with E-state index in [1.165, 1.54) is 0 Å². The Bertz CT molecular complexity index is 1040. The number of ether oxygens (including phenoxy) is 1. The van der Waals surface area contributed by atoms with E-state index in [0.717, 1.165) is 35.1 Å². The summed E-state index contributed by atoms with van der Waals surface area (Å²) in [5.74, 6) is -1.45. The van der Waals surface area contributed by atoms with Crippen molar-refractivity contribution in [1.29, 1.82) is 0 Å². The summed E-state index contributed by atoms with van der Waals surface area (Å²) >= 11 is 0. The number of carbonyl (C=O) groups is 3. The van der Waals surface area contributed by atoms with Crippen LogP contribution >= 0.6 is 0 Å². The Kier molecular flexibility index (Phi) is 7.01. The van der Waals surface area contributed by atoms with Crippen molar-refractivity contribution in [3.8, 4) is 11.1 Å². The minimum absolute atomic E-state index is 0.0813. The smallest absolute Gasteiger partial charge is 0.407 e. The minimum Gasteiger partial charge on any atom is -0.481 e. The summed E-state index contributed by atoms with van der Waals surface area (Å²) in [6, 6.07) is 15.2. The molecule has 2 aliphatic carbocycles. The zero-order valence-electron chi connectivity index (χ0n) is 19.1. The highest BCUT2D eigenvalue weighted by molar-refractivity contribution is 5.87. The maximum Gasteiger partial charge on any atom is 0.407 e. The molecule has 0 aromatic heterocycles. The van der Waals surface area contributed by atoms with Gasteiger partial charge in [0.15, 0.2) is 0 Å². The van der Waals surface area contributed by atoms with Gasteiger partial charge in [-0.05, 0) is 41.5 Å². The molecule has 1 unspecified atom stereocenters. The average Bonchev–Trinajstić information content (AvgIpc) is 3.39. The number of hydrogen-bond acceptors (Lipinski definition) is 4. The Balaban J connectivity index is 1.40. The number of aliphatic carboxylic acids is 1. The third kappa shape index (κ3) is 4.98. The predicted molar refractivity (Wildman–Crippen MR) is 128 cm³/mol. The molecule has 2 amide bonds. The van der Waals surface area contributed by atoms with Crippen molar-refractivity contribution in [2.45, 2.75) is 56.0 Å². The van der Waals surface area contributed by atoms with Gasteiger partial charge in [0.05, 0.1) is 12.0 Å².